The Morgan fingerprint density at radius 2 is 1.78 bits per heavy atom. The predicted octanol–water partition coefficient (Wildman–Crippen LogP) is 4.10. The molecule has 0 radical (unpaired) electrons. The van der Waals surface area contributed by atoms with Gasteiger partial charge in [-0.3, -0.25) is 0 Å². The fraction of sp³-hybridized carbons (Fsp3) is 0.455. The van der Waals surface area contributed by atoms with E-state index in [1.807, 2.05) is 71.0 Å². The van der Waals surface area contributed by atoms with Crippen LogP contribution in [0.4, 0.5) is 0 Å². The van der Waals surface area contributed by atoms with Crippen LogP contribution in [0.3, 0.4) is 0 Å². The van der Waals surface area contributed by atoms with E-state index in [4.69, 9.17) is 9.47 Å². The Kier molecular flexibility index (Phi) is 8.79. The molecule has 148 valence electrons. The fourth-order valence-corrected chi connectivity index (χ4v) is 2.24. The molecular formula is C22H31NO4. The number of benzene rings is 1. The molecule has 0 aromatic heterocycles. The lowest BCUT2D eigenvalue weighted by molar-refractivity contribution is -0.158. The van der Waals surface area contributed by atoms with Crippen molar-refractivity contribution in [1.82, 2.24) is 5.32 Å². The van der Waals surface area contributed by atoms with Crippen molar-refractivity contribution in [3.63, 3.8) is 0 Å². The minimum Gasteiger partial charge on any atom is -0.458 e. The van der Waals surface area contributed by atoms with Crippen molar-refractivity contribution in [3.8, 4) is 0 Å². The molecule has 0 spiro atoms. The van der Waals surface area contributed by atoms with Crippen LogP contribution in [0.15, 0.2) is 48.2 Å². The minimum atomic E-state index is -0.636. The average molecular weight is 373 g/mol. The molecule has 1 rings (SSSR count). The SMILES string of the molecule is C/C=C(\N[C@@H](C(=O)OC(C)(C)C)C(C)C)C(=O)OCC=Cc1ccccc1. The van der Waals surface area contributed by atoms with Gasteiger partial charge in [0.05, 0.1) is 0 Å². The zero-order valence-corrected chi connectivity index (χ0v) is 17.1. The highest BCUT2D eigenvalue weighted by Crippen LogP contribution is 2.14. The summed E-state index contributed by atoms with van der Waals surface area (Å²) in [5.74, 6) is -0.960. The number of ether oxygens (including phenoxy) is 2. The van der Waals surface area contributed by atoms with Crippen molar-refractivity contribution >= 4 is 18.0 Å². The first kappa shape index (κ1) is 22.5. The summed E-state index contributed by atoms with van der Waals surface area (Å²) in [7, 11) is 0. The molecule has 27 heavy (non-hydrogen) atoms. The molecule has 0 saturated heterocycles. The van der Waals surface area contributed by atoms with Gasteiger partial charge in [-0.05, 0) is 45.3 Å². The Morgan fingerprint density at radius 1 is 1.15 bits per heavy atom. The Morgan fingerprint density at radius 3 is 2.30 bits per heavy atom. The van der Waals surface area contributed by atoms with E-state index in [1.165, 1.54) is 0 Å². The number of esters is 2. The molecular weight excluding hydrogens is 342 g/mol. The van der Waals surface area contributed by atoms with E-state index in [-0.39, 0.29) is 18.2 Å². The fourth-order valence-electron chi connectivity index (χ4n) is 2.24. The molecule has 5 heteroatoms. The van der Waals surface area contributed by atoms with Crippen LogP contribution in [0.25, 0.3) is 6.08 Å². The van der Waals surface area contributed by atoms with Gasteiger partial charge >= 0.3 is 11.9 Å². The lowest BCUT2D eigenvalue weighted by Gasteiger charge is -2.27. The molecule has 0 heterocycles. The average Bonchev–Trinajstić information content (AvgIpc) is 2.58. The molecule has 0 aliphatic rings. The van der Waals surface area contributed by atoms with Gasteiger partial charge in [0.1, 0.15) is 23.9 Å². The summed E-state index contributed by atoms with van der Waals surface area (Å²) < 4.78 is 10.7. The predicted molar refractivity (Wildman–Crippen MR) is 108 cm³/mol. The van der Waals surface area contributed by atoms with Gasteiger partial charge in [0, 0.05) is 0 Å². The van der Waals surface area contributed by atoms with Crippen LogP contribution < -0.4 is 5.32 Å². The van der Waals surface area contributed by atoms with E-state index in [0.29, 0.717) is 0 Å². The largest absolute Gasteiger partial charge is 0.458 e. The van der Waals surface area contributed by atoms with Crippen molar-refractivity contribution in [2.75, 3.05) is 6.61 Å². The van der Waals surface area contributed by atoms with Gasteiger partial charge in [0.25, 0.3) is 0 Å². The second kappa shape index (κ2) is 10.6. The van der Waals surface area contributed by atoms with Crippen molar-refractivity contribution in [2.24, 2.45) is 5.92 Å². The zero-order valence-electron chi connectivity index (χ0n) is 17.1. The van der Waals surface area contributed by atoms with Crippen LogP contribution in [-0.2, 0) is 19.1 Å². The molecule has 0 bridgehead atoms. The maximum atomic E-state index is 12.4. The molecule has 1 N–H and O–H groups in total. The maximum absolute atomic E-state index is 12.4. The first-order valence-electron chi connectivity index (χ1n) is 9.18. The topological polar surface area (TPSA) is 64.6 Å². The van der Waals surface area contributed by atoms with Gasteiger partial charge in [-0.15, -0.1) is 0 Å². The molecule has 0 amide bonds. The highest BCUT2D eigenvalue weighted by Gasteiger charge is 2.29. The van der Waals surface area contributed by atoms with E-state index in [1.54, 1.807) is 19.1 Å². The third-order valence-electron chi connectivity index (χ3n) is 3.57. The molecule has 1 aromatic carbocycles. The van der Waals surface area contributed by atoms with E-state index < -0.39 is 23.6 Å². The summed E-state index contributed by atoms with van der Waals surface area (Å²) in [6, 6.07) is 9.11. The van der Waals surface area contributed by atoms with Crippen LogP contribution in [-0.4, -0.2) is 30.2 Å². The highest BCUT2D eigenvalue weighted by atomic mass is 16.6. The molecule has 0 aliphatic heterocycles. The molecule has 0 saturated carbocycles. The van der Waals surface area contributed by atoms with E-state index in [2.05, 4.69) is 5.32 Å². The minimum absolute atomic E-state index is 0.0550. The van der Waals surface area contributed by atoms with Crippen LogP contribution in [0.5, 0.6) is 0 Å². The summed E-state index contributed by atoms with van der Waals surface area (Å²) in [5.41, 5.74) is 0.681. The number of rotatable bonds is 8. The van der Waals surface area contributed by atoms with E-state index >= 15 is 0 Å². The Hall–Kier alpha value is -2.56. The number of hydrogen-bond donors (Lipinski definition) is 1. The van der Waals surface area contributed by atoms with Crippen molar-refractivity contribution in [2.45, 2.75) is 53.2 Å². The third-order valence-corrected chi connectivity index (χ3v) is 3.57. The summed E-state index contributed by atoms with van der Waals surface area (Å²) >= 11 is 0. The van der Waals surface area contributed by atoms with Crippen molar-refractivity contribution in [3.05, 3.63) is 53.7 Å². The summed E-state index contributed by atoms with van der Waals surface area (Å²) in [4.78, 5) is 24.7. The van der Waals surface area contributed by atoms with Gasteiger partial charge in [0.15, 0.2) is 0 Å². The molecule has 0 fully saturated rings. The van der Waals surface area contributed by atoms with Crippen LogP contribution in [0.1, 0.15) is 47.1 Å². The smallest absolute Gasteiger partial charge is 0.354 e. The number of carbonyl (C=O) groups is 2. The summed E-state index contributed by atoms with van der Waals surface area (Å²) in [5, 5.41) is 2.97. The first-order chi connectivity index (χ1) is 12.6. The molecule has 1 atom stereocenters. The number of allylic oxidation sites excluding steroid dienone is 1. The summed E-state index contributed by atoms with van der Waals surface area (Å²) in [6.45, 7) is 11.1. The quantitative estimate of drug-likeness (QED) is 0.549. The summed E-state index contributed by atoms with van der Waals surface area (Å²) in [6.07, 6.45) is 5.25. The van der Waals surface area contributed by atoms with Gasteiger partial charge in [-0.1, -0.05) is 56.3 Å². The molecule has 0 aliphatic carbocycles. The van der Waals surface area contributed by atoms with Gasteiger partial charge < -0.3 is 14.8 Å². The van der Waals surface area contributed by atoms with Crippen LogP contribution in [0.2, 0.25) is 0 Å². The Balaban J connectivity index is 2.65. The second-order valence-corrected chi connectivity index (χ2v) is 7.51. The van der Waals surface area contributed by atoms with E-state index in [0.717, 1.165) is 5.56 Å². The number of carbonyl (C=O) groups excluding carboxylic acids is 2. The first-order valence-corrected chi connectivity index (χ1v) is 9.18. The highest BCUT2D eigenvalue weighted by molar-refractivity contribution is 5.89. The second-order valence-electron chi connectivity index (χ2n) is 7.51. The molecule has 1 aromatic rings. The normalized spacial score (nSPS) is 13.5. The number of hydrogen-bond acceptors (Lipinski definition) is 5. The van der Waals surface area contributed by atoms with E-state index in [9.17, 15) is 9.59 Å². The van der Waals surface area contributed by atoms with Crippen LogP contribution in [0, 0.1) is 5.92 Å². The maximum Gasteiger partial charge on any atom is 0.354 e. The number of nitrogens with one attached hydrogen (secondary N) is 1. The Labute approximate surface area is 162 Å². The van der Waals surface area contributed by atoms with Gasteiger partial charge in [-0.2, -0.15) is 0 Å². The lowest BCUT2D eigenvalue weighted by atomic mass is 10.0. The molecule has 0 unspecified atom stereocenters. The van der Waals surface area contributed by atoms with Gasteiger partial charge in [0.2, 0.25) is 0 Å². The van der Waals surface area contributed by atoms with Crippen molar-refractivity contribution < 1.29 is 19.1 Å². The standard InChI is InChI=1S/C22H31NO4/c1-7-18(23-19(16(2)3)21(25)27-22(4,5)6)20(24)26-15-11-14-17-12-9-8-10-13-17/h7-14,16,19,23H,15H2,1-6H3/b14-11?,18-7-/t19-/m1/s1. The van der Waals surface area contributed by atoms with Gasteiger partial charge in [-0.25, -0.2) is 9.59 Å². The monoisotopic (exact) mass is 373 g/mol. The Bertz CT molecular complexity index is 669. The molecule has 5 nitrogen and oxygen atoms in total. The lowest BCUT2D eigenvalue weighted by Crippen LogP contribution is -2.45. The third kappa shape index (κ3) is 8.58. The zero-order chi connectivity index (χ0) is 20.4. The van der Waals surface area contributed by atoms with Crippen molar-refractivity contribution in [1.29, 1.82) is 0 Å². The van der Waals surface area contributed by atoms with Crippen LogP contribution >= 0.6 is 0 Å².